The van der Waals surface area contributed by atoms with Gasteiger partial charge in [-0.2, -0.15) is 5.10 Å². The van der Waals surface area contributed by atoms with Gasteiger partial charge in [0.15, 0.2) is 0 Å². The van der Waals surface area contributed by atoms with E-state index in [1.165, 1.54) is 5.39 Å². The maximum Gasteiger partial charge on any atom is 0.244 e. The van der Waals surface area contributed by atoms with Crippen molar-refractivity contribution in [2.45, 2.75) is 6.54 Å². The van der Waals surface area contributed by atoms with E-state index in [4.69, 9.17) is 0 Å². The van der Waals surface area contributed by atoms with Gasteiger partial charge in [0.25, 0.3) is 0 Å². The fourth-order valence-electron chi connectivity index (χ4n) is 2.37. The van der Waals surface area contributed by atoms with Crippen LogP contribution in [-0.2, 0) is 18.4 Å². The molecule has 0 bridgehead atoms. The number of carbonyl (C=O) groups is 1. The average molecular weight is 291 g/mol. The molecule has 0 spiro atoms. The van der Waals surface area contributed by atoms with Crippen molar-refractivity contribution in [1.29, 1.82) is 0 Å². The number of carbonyl (C=O) groups excluding carboxylic acids is 1. The van der Waals surface area contributed by atoms with Crippen molar-refractivity contribution in [3.05, 3.63) is 72.1 Å². The number of aryl methyl sites for hydroxylation is 1. The Morgan fingerprint density at radius 1 is 1.23 bits per heavy atom. The van der Waals surface area contributed by atoms with Crippen LogP contribution in [0.15, 0.2) is 60.9 Å². The van der Waals surface area contributed by atoms with Crippen LogP contribution in [-0.4, -0.2) is 15.7 Å². The summed E-state index contributed by atoms with van der Waals surface area (Å²) in [6.45, 7) is 0.479. The smallest absolute Gasteiger partial charge is 0.244 e. The van der Waals surface area contributed by atoms with Crippen molar-refractivity contribution < 1.29 is 4.79 Å². The van der Waals surface area contributed by atoms with E-state index >= 15 is 0 Å². The summed E-state index contributed by atoms with van der Waals surface area (Å²) < 4.78 is 1.72. The molecule has 1 N–H and O–H groups in total. The van der Waals surface area contributed by atoms with Crippen LogP contribution in [0.5, 0.6) is 0 Å². The standard InChI is InChI=1S/C18H17N3O/c1-21-13-14(12-20-21)11-19-18(22)10-9-16-7-4-6-15-5-2-3-8-17(15)16/h2-10,12-13H,11H2,1H3,(H,19,22). The number of benzene rings is 2. The van der Waals surface area contributed by atoms with Crippen molar-refractivity contribution in [2.75, 3.05) is 0 Å². The van der Waals surface area contributed by atoms with E-state index in [1.807, 2.05) is 43.6 Å². The summed E-state index contributed by atoms with van der Waals surface area (Å²) in [4.78, 5) is 11.9. The molecule has 2 aromatic carbocycles. The molecular weight excluding hydrogens is 274 g/mol. The van der Waals surface area contributed by atoms with Gasteiger partial charge in [-0.25, -0.2) is 0 Å². The summed E-state index contributed by atoms with van der Waals surface area (Å²) in [6, 6.07) is 14.2. The van der Waals surface area contributed by atoms with Gasteiger partial charge >= 0.3 is 0 Å². The van der Waals surface area contributed by atoms with Crippen molar-refractivity contribution >= 4 is 22.8 Å². The normalized spacial score (nSPS) is 11.1. The Bertz CT molecular complexity index is 828. The summed E-state index contributed by atoms with van der Waals surface area (Å²) >= 11 is 0. The second-order valence-corrected chi connectivity index (χ2v) is 5.14. The van der Waals surface area contributed by atoms with Gasteiger partial charge in [-0.15, -0.1) is 0 Å². The number of fused-ring (bicyclic) bond motifs is 1. The average Bonchev–Trinajstić information content (AvgIpc) is 2.96. The number of aromatic nitrogens is 2. The van der Waals surface area contributed by atoms with Crippen molar-refractivity contribution in [2.24, 2.45) is 7.05 Å². The van der Waals surface area contributed by atoms with Crippen LogP contribution in [0.2, 0.25) is 0 Å². The van der Waals surface area contributed by atoms with Crippen LogP contribution in [0.25, 0.3) is 16.8 Å². The van der Waals surface area contributed by atoms with E-state index in [-0.39, 0.29) is 5.91 Å². The number of hydrogen-bond acceptors (Lipinski definition) is 2. The third-order valence-electron chi connectivity index (χ3n) is 3.46. The molecule has 4 nitrogen and oxygen atoms in total. The molecule has 0 radical (unpaired) electrons. The molecule has 110 valence electrons. The fraction of sp³-hybridized carbons (Fsp3) is 0.111. The van der Waals surface area contributed by atoms with Gasteiger partial charge in [0, 0.05) is 31.4 Å². The lowest BCUT2D eigenvalue weighted by Crippen LogP contribution is -2.19. The van der Waals surface area contributed by atoms with E-state index in [0.717, 1.165) is 16.5 Å². The monoisotopic (exact) mass is 291 g/mol. The summed E-state index contributed by atoms with van der Waals surface area (Å²) in [5.74, 6) is -0.114. The maximum absolute atomic E-state index is 11.9. The molecule has 1 amide bonds. The highest BCUT2D eigenvalue weighted by atomic mass is 16.1. The predicted octanol–water partition coefficient (Wildman–Crippen LogP) is 2.90. The molecule has 1 heterocycles. The lowest BCUT2D eigenvalue weighted by Gasteiger charge is -2.02. The van der Waals surface area contributed by atoms with E-state index in [9.17, 15) is 4.79 Å². The molecule has 0 saturated heterocycles. The molecule has 0 aliphatic rings. The first-order valence-electron chi connectivity index (χ1n) is 7.13. The minimum Gasteiger partial charge on any atom is -0.348 e. The minimum absolute atomic E-state index is 0.114. The van der Waals surface area contributed by atoms with Crippen LogP contribution >= 0.6 is 0 Å². The van der Waals surface area contributed by atoms with Crippen LogP contribution in [0, 0.1) is 0 Å². The van der Waals surface area contributed by atoms with Crippen molar-refractivity contribution in [1.82, 2.24) is 15.1 Å². The number of nitrogens with zero attached hydrogens (tertiary/aromatic N) is 2. The molecule has 3 rings (SSSR count). The Hall–Kier alpha value is -2.88. The van der Waals surface area contributed by atoms with Gasteiger partial charge in [0.05, 0.1) is 6.20 Å². The summed E-state index contributed by atoms with van der Waals surface area (Å²) in [5.41, 5.74) is 2.02. The molecule has 0 unspecified atom stereocenters. The fourth-order valence-corrected chi connectivity index (χ4v) is 2.37. The zero-order chi connectivity index (χ0) is 15.4. The Labute approximate surface area is 129 Å². The molecule has 0 saturated carbocycles. The van der Waals surface area contributed by atoms with Crippen LogP contribution < -0.4 is 5.32 Å². The third kappa shape index (κ3) is 3.23. The van der Waals surface area contributed by atoms with E-state index in [0.29, 0.717) is 6.54 Å². The largest absolute Gasteiger partial charge is 0.348 e. The van der Waals surface area contributed by atoms with Gasteiger partial charge in [-0.1, -0.05) is 42.5 Å². The molecule has 22 heavy (non-hydrogen) atoms. The first-order chi connectivity index (χ1) is 10.7. The van der Waals surface area contributed by atoms with Crippen molar-refractivity contribution in [3.63, 3.8) is 0 Å². The molecule has 1 aromatic heterocycles. The van der Waals surface area contributed by atoms with E-state index in [2.05, 4.69) is 28.6 Å². The van der Waals surface area contributed by atoms with E-state index < -0.39 is 0 Å². The highest BCUT2D eigenvalue weighted by Gasteiger charge is 2.00. The third-order valence-corrected chi connectivity index (χ3v) is 3.46. The highest BCUT2D eigenvalue weighted by Crippen LogP contribution is 2.19. The summed E-state index contributed by atoms with van der Waals surface area (Å²) in [5, 5.41) is 9.23. The van der Waals surface area contributed by atoms with Gasteiger partial charge in [0.1, 0.15) is 0 Å². The molecule has 4 heteroatoms. The van der Waals surface area contributed by atoms with Crippen LogP contribution in [0.1, 0.15) is 11.1 Å². The summed E-state index contributed by atoms with van der Waals surface area (Å²) in [6.07, 6.45) is 7.04. The first-order valence-corrected chi connectivity index (χ1v) is 7.13. The zero-order valence-corrected chi connectivity index (χ0v) is 12.4. The maximum atomic E-state index is 11.9. The Morgan fingerprint density at radius 2 is 2.05 bits per heavy atom. The molecule has 0 aliphatic heterocycles. The predicted molar refractivity (Wildman–Crippen MR) is 88.0 cm³/mol. The lowest BCUT2D eigenvalue weighted by atomic mass is 10.0. The number of amides is 1. The lowest BCUT2D eigenvalue weighted by molar-refractivity contribution is -0.116. The van der Waals surface area contributed by atoms with Gasteiger partial charge < -0.3 is 5.32 Å². The highest BCUT2D eigenvalue weighted by molar-refractivity contribution is 5.96. The molecule has 3 aromatic rings. The molecule has 0 fully saturated rings. The number of rotatable bonds is 4. The molecule has 0 aliphatic carbocycles. The topological polar surface area (TPSA) is 46.9 Å². The van der Waals surface area contributed by atoms with Gasteiger partial charge in [-0.3, -0.25) is 9.48 Å². The molecular formula is C18H17N3O. The second-order valence-electron chi connectivity index (χ2n) is 5.14. The second kappa shape index (κ2) is 6.26. The summed E-state index contributed by atoms with van der Waals surface area (Å²) in [7, 11) is 1.85. The minimum atomic E-state index is -0.114. The quantitative estimate of drug-likeness (QED) is 0.751. The first kappa shape index (κ1) is 14.1. The van der Waals surface area contributed by atoms with Gasteiger partial charge in [-0.05, 0) is 22.4 Å². The molecule has 0 atom stereocenters. The SMILES string of the molecule is Cn1cc(CNC(=O)C=Cc2cccc3ccccc23)cn1. The number of hydrogen-bond donors (Lipinski definition) is 1. The zero-order valence-electron chi connectivity index (χ0n) is 12.4. The number of nitrogens with one attached hydrogen (secondary N) is 1. The van der Waals surface area contributed by atoms with Crippen LogP contribution in [0.3, 0.4) is 0 Å². The van der Waals surface area contributed by atoms with Gasteiger partial charge in [0.2, 0.25) is 5.91 Å². The Kier molecular flexibility index (Phi) is 4.01. The Balaban J connectivity index is 1.68. The van der Waals surface area contributed by atoms with Crippen molar-refractivity contribution in [3.8, 4) is 0 Å². The van der Waals surface area contributed by atoms with E-state index in [1.54, 1.807) is 17.0 Å². The van der Waals surface area contributed by atoms with Crippen LogP contribution in [0.4, 0.5) is 0 Å². The Morgan fingerprint density at radius 3 is 2.86 bits per heavy atom.